The third-order valence-electron chi connectivity index (χ3n) is 3.05. The quantitative estimate of drug-likeness (QED) is 0.474. The van der Waals surface area contributed by atoms with Crippen LogP contribution in [0.5, 0.6) is 0 Å². The fourth-order valence-corrected chi connectivity index (χ4v) is 1.90. The molecule has 6 heteroatoms. The summed E-state index contributed by atoms with van der Waals surface area (Å²) >= 11 is 0. The van der Waals surface area contributed by atoms with Crippen LogP contribution >= 0.6 is 0 Å². The summed E-state index contributed by atoms with van der Waals surface area (Å²) < 4.78 is 0. The van der Waals surface area contributed by atoms with Crippen LogP contribution in [-0.4, -0.2) is 41.0 Å². The summed E-state index contributed by atoms with van der Waals surface area (Å²) in [4.78, 5) is 10.7. The molecule has 102 valence electrons. The van der Waals surface area contributed by atoms with E-state index >= 15 is 0 Å². The molecule has 0 saturated carbocycles. The van der Waals surface area contributed by atoms with Gasteiger partial charge in [-0.3, -0.25) is 0 Å². The molecular weight excluding hydrogens is 228 g/mol. The molecule has 0 unspecified atom stereocenters. The van der Waals surface area contributed by atoms with Crippen LogP contribution in [0.3, 0.4) is 0 Å². The smallest absolute Gasteiger partial charge is 0.148 e. The minimum atomic E-state index is 0.692. The maximum Gasteiger partial charge on any atom is 0.148 e. The van der Waals surface area contributed by atoms with Crippen molar-refractivity contribution in [1.82, 2.24) is 14.9 Å². The predicted molar refractivity (Wildman–Crippen MR) is 75.5 cm³/mol. The lowest BCUT2D eigenvalue weighted by Gasteiger charge is -2.19. The number of anilines is 2. The lowest BCUT2D eigenvalue weighted by atomic mass is 10.2. The Labute approximate surface area is 109 Å². The molecule has 4 N–H and O–H groups in total. The van der Waals surface area contributed by atoms with Crippen molar-refractivity contribution in [1.29, 1.82) is 0 Å². The molecule has 0 amide bonds. The number of nitrogens with two attached hydrogens (primary N) is 1. The fourth-order valence-electron chi connectivity index (χ4n) is 1.90. The average Bonchev–Trinajstić information content (AvgIpc) is 2.43. The summed E-state index contributed by atoms with van der Waals surface area (Å²) in [6, 6.07) is 0. The molecule has 0 aliphatic rings. The Kier molecular flexibility index (Phi) is 6.38. The van der Waals surface area contributed by atoms with E-state index in [1.807, 2.05) is 0 Å². The highest BCUT2D eigenvalue weighted by Crippen LogP contribution is 2.18. The van der Waals surface area contributed by atoms with Gasteiger partial charge >= 0.3 is 0 Å². The minimum Gasteiger partial charge on any atom is -0.368 e. The first-order valence-electron chi connectivity index (χ1n) is 6.53. The maximum absolute atomic E-state index is 5.44. The van der Waals surface area contributed by atoms with E-state index in [0.717, 1.165) is 44.0 Å². The normalized spacial score (nSPS) is 10.7. The number of aromatic nitrogens is 2. The van der Waals surface area contributed by atoms with E-state index in [0.29, 0.717) is 5.82 Å². The molecule has 0 spiro atoms. The molecule has 0 fully saturated rings. The standard InChI is InChI=1S/C12H24N6/c1-4-10-11(15-9-16-12(10)17-13)14-7-8-18(5-2)6-3/h9H,4-8,13H2,1-3H3,(H2,14,15,16,17). The highest BCUT2D eigenvalue weighted by molar-refractivity contribution is 5.56. The van der Waals surface area contributed by atoms with Gasteiger partial charge in [-0.05, 0) is 19.5 Å². The zero-order chi connectivity index (χ0) is 13.4. The fraction of sp³-hybridized carbons (Fsp3) is 0.667. The number of hydrogen-bond acceptors (Lipinski definition) is 6. The summed E-state index contributed by atoms with van der Waals surface area (Å²) in [7, 11) is 0. The number of likely N-dealkylation sites (N-methyl/N-ethyl adjacent to an activating group) is 1. The number of nitrogens with one attached hydrogen (secondary N) is 2. The third kappa shape index (κ3) is 3.82. The van der Waals surface area contributed by atoms with Crippen LogP contribution in [-0.2, 0) is 6.42 Å². The van der Waals surface area contributed by atoms with Crippen LogP contribution in [0, 0.1) is 0 Å². The Balaban J connectivity index is 2.61. The van der Waals surface area contributed by atoms with E-state index in [1.165, 1.54) is 6.33 Å². The molecular formula is C12H24N6. The van der Waals surface area contributed by atoms with Crippen LogP contribution in [0.25, 0.3) is 0 Å². The monoisotopic (exact) mass is 252 g/mol. The molecule has 1 aromatic rings. The van der Waals surface area contributed by atoms with Crippen molar-refractivity contribution in [3.8, 4) is 0 Å². The second-order valence-corrected chi connectivity index (χ2v) is 4.00. The molecule has 0 aliphatic heterocycles. The Morgan fingerprint density at radius 1 is 1.17 bits per heavy atom. The maximum atomic E-state index is 5.44. The minimum absolute atomic E-state index is 0.692. The van der Waals surface area contributed by atoms with Crippen molar-refractivity contribution < 1.29 is 0 Å². The Bertz CT molecular complexity index is 350. The summed E-state index contributed by atoms with van der Waals surface area (Å²) in [5.41, 5.74) is 3.63. The first-order valence-corrected chi connectivity index (χ1v) is 6.53. The van der Waals surface area contributed by atoms with Gasteiger partial charge in [0.1, 0.15) is 18.0 Å². The topological polar surface area (TPSA) is 79.1 Å². The van der Waals surface area contributed by atoms with Crippen molar-refractivity contribution in [2.75, 3.05) is 36.9 Å². The Morgan fingerprint density at radius 2 is 1.83 bits per heavy atom. The molecule has 0 atom stereocenters. The van der Waals surface area contributed by atoms with Gasteiger partial charge < -0.3 is 15.6 Å². The molecule has 18 heavy (non-hydrogen) atoms. The van der Waals surface area contributed by atoms with E-state index in [-0.39, 0.29) is 0 Å². The number of hydrazine groups is 1. The summed E-state index contributed by atoms with van der Waals surface area (Å²) in [5.74, 6) is 7.00. The largest absolute Gasteiger partial charge is 0.368 e. The molecule has 6 nitrogen and oxygen atoms in total. The first kappa shape index (κ1) is 14.7. The van der Waals surface area contributed by atoms with Gasteiger partial charge in [-0.2, -0.15) is 0 Å². The average molecular weight is 252 g/mol. The zero-order valence-electron chi connectivity index (χ0n) is 11.5. The first-order chi connectivity index (χ1) is 8.76. The van der Waals surface area contributed by atoms with E-state index in [4.69, 9.17) is 5.84 Å². The molecule has 0 bridgehead atoms. The SMILES string of the molecule is CCc1c(NN)ncnc1NCCN(CC)CC. The van der Waals surface area contributed by atoms with Crippen molar-refractivity contribution in [2.45, 2.75) is 27.2 Å². The van der Waals surface area contributed by atoms with Crippen molar-refractivity contribution >= 4 is 11.6 Å². The molecule has 0 aliphatic carbocycles. The van der Waals surface area contributed by atoms with Gasteiger partial charge in [0, 0.05) is 18.7 Å². The van der Waals surface area contributed by atoms with Crippen LogP contribution in [0.15, 0.2) is 6.33 Å². The van der Waals surface area contributed by atoms with Crippen LogP contribution in [0.1, 0.15) is 26.3 Å². The number of rotatable bonds is 8. The van der Waals surface area contributed by atoms with E-state index in [1.54, 1.807) is 0 Å². The third-order valence-corrected chi connectivity index (χ3v) is 3.05. The molecule has 1 heterocycles. The molecule has 0 radical (unpaired) electrons. The van der Waals surface area contributed by atoms with E-state index in [2.05, 4.69) is 46.4 Å². The van der Waals surface area contributed by atoms with Gasteiger partial charge in [-0.15, -0.1) is 0 Å². The van der Waals surface area contributed by atoms with Crippen molar-refractivity contribution in [3.05, 3.63) is 11.9 Å². The van der Waals surface area contributed by atoms with Crippen molar-refractivity contribution in [2.24, 2.45) is 5.84 Å². The second-order valence-electron chi connectivity index (χ2n) is 4.00. The lowest BCUT2D eigenvalue weighted by molar-refractivity contribution is 0.316. The van der Waals surface area contributed by atoms with Crippen molar-refractivity contribution in [3.63, 3.8) is 0 Å². The number of nitrogen functional groups attached to an aromatic ring is 1. The molecule has 1 rings (SSSR count). The Morgan fingerprint density at radius 3 is 2.39 bits per heavy atom. The summed E-state index contributed by atoms with van der Waals surface area (Å²) in [6.45, 7) is 10.4. The summed E-state index contributed by atoms with van der Waals surface area (Å²) in [5, 5.41) is 3.35. The number of nitrogens with zero attached hydrogens (tertiary/aromatic N) is 3. The zero-order valence-corrected chi connectivity index (χ0v) is 11.5. The van der Waals surface area contributed by atoms with Crippen LogP contribution in [0.2, 0.25) is 0 Å². The highest BCUT2D eigenvalue weighted by atomic mass is 15.3. The number of hydrogen-bond donors (Lipinski definition) is 3. The highest BCUT2D eigenvalue weighted by Gasteiger charge is 2.08. The molecule has 0 aromatic carbocycles. The molecule has 0 saturated heterocycles. The predicted octanol–water partition coefficient (Wildman–Crippen LogP) is 1.08. The van der Waals surface area contributed by atoms with Gasteiger partial charge in [-0.1, -0.05) is 20.8 Å². The Hall–Kier alpha value is -1.40. The molecule has 1 aromatic heterocycles. The van der Waals surface area contributed by atoms with Gasteiger partial charge in [-0.25, -0.2) is 15.8 Å². The van der Waals surface area contributed by atoms with Gasteiger partial charge in [0.15, 0.2) is 0 Å². The van der Waals surface area contributed by atoms with E-state index in [9.17, 15) is 0 Å². The van der Waals surface area contributed by atoms with Crippen LogP contribution < -0.4 is 16.6 Å². The summed E-state index contributed by atoms with van der Waals surface area (Å²) in [6.07, 6.45) is 2.36. The van der Waals surface area contributed by atoms with Gasteiger partial charge in [0.2, 0.25) is 0 Å². The lowest BCUT2D eigenvalue weighted by Crippen LogP contribution is -2.29. The van der Waals surface area contributed by atoms with Gasteiger partial charge in [0.05, 0.1) is 0 Å². The second kappa shape index (κ2) is 7.84. The van der Waals surface area contributed by atoms with Crippen LogP contribution in [0.4, 0.5) is 11.6 Å². The van der Waals surface area contributed by atoms with E-state index < -0.39 is 0 Å². The van der Waals surface area contributed by atoms with Gasteiger partial charge in [0.25, 0.3) is 0 Å².